The lowest BCUT2D eigenvalue weighted by Crippen LogP contribution is -2.50. The number of hydrogen-bond donors (Lipinski definition) is 1. The van der Waals surface area contributed by atoms with Crippen molar-refractivity contribution >= 4 is 17.5 Å². The van der Waals surface area contributed by atoms with E-state index in [0.717, 1.165) is 17.1 Å². The van der Waals surface area contributed by atoms with Crippen molar-refractivity contribution in [1.29, 1.82) is 0 Å². The van der Waals surface area contributed by atoms with Gasteiger partial charge < -0.3 is 24.6 Å². The standard InChI is InChI=1S/C23H25N5O3/c1-30-19-12-18(13-20(14-19)31-2)26-23(29)28-10-8-27(9-11-28)22-15-21(24-16-25-22)17-6-4-3-5-7-17/h3-7,12-16H,8-11H2,1-2H3,(H,26,29). The average molecular weight is 419 g/mol. The minimum absolute atomic E-state index is 0.150. The number of piperazine rings is 1. The summed E-state index contributed by atoms with van der Waals surface area (Å²) in [4.78, 5) is 25.5. The van der Waals surface area contributed by atoms with Crippen molar-refractivity contribution in [2.45, 2.75) is 0 Å². The van der Waals surface area contributed by atoms with Crippen molar-refractivity contribution in [3.63, 3.8) is 0 Å². The van der Waals surface area contributed by atoms with Gasteiger partial charge in [-0.15, -0.1) is 0 Å². The molecule has 4 rings (SSSR count). The molecule has 1 aromatic heterocycles. The number of carbonyl (C=O) groups excluding carboxylic acids is 1. The maximum atomic E-state index is 12.7. The molecule has 0 aliphatic carbocycles. The lowest BCUT2D eigenvalue weighted by Gasteiger charge is -2.35. The molecule has 2 amide bonds. The lowest BCUT2D eigenvalue weighted by molar-refractivity contribution is 0.208. The molecule has 0 bridgehead atoms. The number of nitrogens with one attached hydrogen (secondary N) is 1. The zero-order chi connectivity index (χ0) is 21.6. The second-order valence-electron chi connectivity index (χ2n) is 7.13. The van der Waals surface area contributed by atoms with Crippen molar-refractivity contribution in [2.75, 3.05) is 50.6 Å². The van der Waals surface area contributed by atoms with Crippen LogP contribution in [0.2, 0.25) is 0 Å². The highest BCUT2D eigenvalue weighted by Gasteiger charge is 2.22. The molecule has 1 aliphatic rings. The van der Waals surface area contributed by atoms with Crippen molar-refractivity contribution < 1.29 is 14.3 Å². The zero-order valence-electron chi connectivity index (χ0n) is 17.6. The van der Waals surface area contributed by atoms with E-state index in [4.69, 9.17) is 9.47 Å². The Morgan fingerprint density at radius 1 is 0.903 bits per heavy atom. The maximum Gasteiger partial charge on any atom is 0.321 e. The average Bonchev–Trinajstić information content (AvgIpc) is 2.84. The maximum absolute atomic E-state index is 12.7. The number of aromatic nitrogens is 2. The van der Waals surface area contributed by atoms with Crippen LogP contribution in [0.15, 0.2) is 60.9 Å². The van der Waals surface area contributed by atoms with Crippen LogP contribution >= 0.6 is 0 Å². The number of hydrogen-bond acceptors (Lipinski definition) is 6. The summed E-state index contributed by atoms with van der Waals surface area (Å²) in [5, 5.41) is 2.93. The fourth-order valence-corrected chi connectivity index (χ4v) is 3.51. The van der Waals surface area contributed by atoms with E-state index in [9.17, 15) is 4.79 Å². The van der Waals surface area contributed by atoms with Crippen LogP contribution in [0.1, 0.15) is 0 Å². The molecule has 8 nitrogen and oxygen atoms in total. The summed E-state index contributed by atoms with van der Waals surface area (Å²) in [6, 6.07) is 17.2. The predicted octanol–water partition coefficient (Wildman–Crippen LogP) is 3.51. The molecule has 1 fully saturated rings. The highest BCUT2D eigenvalue weighted by Crippen LogP contribution is 2.26. The van der Waals surface area contributed by atoms with Gasteiger partial charge in [0.15, 0.2) is 0 Å². The Kier molecular flexibility index (Phi) is 6.16. The fourth-order valence-electron chi connectivity index (χ4n) is 3.51. The van der Waals surface area contributed by atoms with Gasteiger partial charge in [-0.1, -0.05) is 30.3 Å². The quantitative estimate of drug-likeness (QED) is 0.682. The van der Waals surface area contributed by atoms with Crippen LogP contribution in [0, 0.1) is 0 Å². The third kappa shape index (κ3) is 4.85. The van der Waals surface area contributed by atoms with Crippen LogP contribution in [0.25, 0.3) is 11.3 Å². The molecule has 160 valence electrons. The number of nitrogens with zero attached hydrogens (tertiary/aromatic N) is 4. The second kappa shape index (κ2) is 9.34. The van der Waals surface area contributed by atoms with E-state index in [2.05, 4.69) is 20.2 Å². The predicted molar refractivity (Wildman–Crippen MR) is 120 cm³/mol. The molecule has 3 aromatic rings. The molecular weight excluding hydrogens is 394 g/mol. The van der Waals surface area contributed by atoms with Crippen molar-refractivity contribution in [3.8, 4) is 22.8 Å². The van der Waals surface area contributed by atoms with Gasteiger partial charge in [-0.2, -0.15) is 0 Å². The smallest absolute Gasteiger partial charge is 0.321 e. The lowest BCUT2D eigenvalue weighted by atomic mass is 10.1. The van der Waals surface area contributed by atoms with Gasteiger partial charge in [0.2, 0.25) is 0 Å². The Bertz CT molecular complexity index is 1010. The molecule has 0 spiro atoms. The molecule has 1 N–H and O–H groups in total. The van der Waals surface area contributed by atoms with Gasteiger partial charge in [0.1, 0.15) is 23.6 Å². The normalized spacial score (nSPS) is 13.6. The van der Waals surface area contributed by atoms with Crippen LogP contribution < -0.4 is 19.7 Å². The molecule has 1 saturated heterocycles. The first-order valence-corrected chi connectivity index (χ1v) is 10.1. The van der Waals surface area contributed by atoms with Crippen LogP contribution in [-0.2, 0) is 0 Å². The van der Waals surface area contributed by atoms with Gasteiger partial charge in [0.25, 0.3) is 0 Å². The van der Waals surface area contributed by atoms with Crippen LogP contribution in [0.3, 0.4) is 0 Å². The zero-order valence-corrected chi connectivity index (χ0v) is 17.6. The largest absolute Gasteiger partial charge is 0.497 e. The number of benzene rings is 2. The van der Waals surface area contributed by atoms with E-state index < -0.39 is 0 Å². The van der Waals surface area contributed by atoms with E-state index in [1.54, 1.807) is 43.6 Å². The molecule has 0 unspecified atom stereocenters. The number of amides is 2. The molecule has 0 radical (unpaired) electrons. The third-order valence-electron chi connectivity index (χ3n) is 5.22. The summed E-state index contributed by atoms with van der Waals surface area (Å²) in [7, 11) is 3.16. The van der Waals surface area contributed by atoms with Crippen LogP contribution in [-0.4, -0.2) is 61.3 Å². The van der Waals surface area contributed by atoms with Crippen molar-refractivity contribution in [1.82, 2.24) is 14.9 Å². The van der Waals surface area contributed by atoms with Gasteiger partial charge in [0, 0.05) is 61.7 Å². The Morgan fingerprint density at radius 3 is 2.23 bits per heavy atom. The molecule has 1 aliphatic heterocycles. The topological polar surface area (TPSA) is 79.8 Å². The number of urea groups is 1. The highest BCUT2D eigenvalue weighted by molar-refractivity contribution is 5.90. The van der Waals surface area contributed by atoms with E-state index in [1.807, 2.05) is 36.4 Å². The Labute approximate surface area is 181 Å². The van der Waals surface area contributed by atoms with Gasteiger partial charge in [-0.05, 0) is 0 Å². The Morgan fingerprint density at radius 2 is 1.58 bits per heavy atom. The van der Waals surface area contributed by atoms with Crippen LogP contribution in [0.5, 0.6) is 11.5 Å². The van der Waals surface area contributed by atoms with E-state index in [1.165, 1.54) is 0 Å². The van der Waals surface area contributed by atoms with Crippen LogP contribution in [0.4, 0.5) is 16.3 Å². The number of methoxy groups -OCH3 is 2. The first kappa shape index (κ1) is 20.5. The summed E-state index contributed by atoms with van der Waals surface area (Å²) in [6.45, 7) is 2.58. The SMILES string of the molecule is COc1cc(NC(=O)N2CCN(c3cc(-c4ccccc4)ncn3)CC2)cc(OC)c1. The highest BCUT2D eigenvalue weighted by atomic mass is 16.5. The first-order valence-electron chi connectivity index (χ1n) is 10.1. The number of anilines is 2. The Hall–Kier alpha value is -3.81. The van der Waals surface area contributed by atoms with Crippen molar-refractivity contribution in [2.24, 2.45) is 0 Å². The molecular formula is C23H25N5O3. The van der Waals surface area contributed by atoms with E-state index in [0.29, 0.717) is 43.4 Å². The summed E-state index contributed by atoms with van der Waals surface area (Å²) in [5.41, 5.74) is 2.57. The van der Waals surface area contributed by atoms with Gasteiger partial charge in [-0.25, -0.2) is 14.8 Å². The third-order valence-corrected chi connectivity index (χ3v) is 5.22. The van der Waals surface area contributed by atoms with Gasteiger partial charge >= 0.3 is 6.03 Å². The molecule has 2 heterocycles. The minimum Gasteiger partial charge on any atom is -0.497 e. The molecule has 8 heteroatoms. The minimum atomic E-state index is -0.150. The summed E-state index contributed by atoms with van der Waals surface area (Å²) in [6.07, 6.45) is 1.59. The molecule has 31 heavy (non-hydrogen) atoms. The fraction of sp³-hybridized carbons (Fsp3) is 0.261. The summed E-state index contributed by atoms with van der Waals surface area (Å²) >= 11 is 0. The number of carbonyl (C=O) groups is 1. The van der Waals surface area contributed by atoms with E-state index >= 15 is 0 Å². The summed E-state index contributed by atoms with van der Waals surface area (Å²) in [5.74, 6) is 2.11. The number of ether oxygens (including phenoxy) is 2. The first-order chi connectivity index (χ1) is 15.2. The monoisotopic (exact) mass is 419 g/mol. The number of rotatable bonds is 5. The molecule has 0 atom stereocenters. The Balaban J connectivity index is 1.38. The van der Waals surface area contributed by atoms with E-state index in [-0.39, 0.29) is 6.03 Å². The molecule has 2 aromatic carbocycles. The summed E-state index contributed by atoms with van der Waals surface area (Å²) < 4.78 is 10.5. The molecule has 0 saturated carbocycles. The van der Waals surface area contributed by atoms with Crippen molar-refractivity contribution in [3.05, 3.63) is 60.9 Å². The second-order valence-corrected chi connectivity index (χ2v) is 7.13. The van der Waals surface area contributed by atoms with Gasteiger partial charge in [-0.3, -0.25) is 0 Å². The van der Waals surface area contributed by atoms with Gasteiger partial charge in [0.05, 0.1) is 19.9 Å².